The first kappa shape index (κ1) is 50.3. The normalized spacial score (nSPS) is 14.0. The van der Waals surface area contributed by atoms with Gasteiger partial charge in [-0.15, -0.1) is 0 Å². The van der Waals surface area contributed by atoms with Crippen molar-refractivity contribution in [3.05, 3.63) is 48.6 Å². The van der Waals surface area contributed by atoms with E-state index in [4.69, 9.17) is 0 Å². The first-order valence-corrected chi connectivity index (χ1v) is 22.4. The number of aliphatic hydroxyl groups is 3. The molecule has 0 aromatic rings. The Morgan fingerprint density at radius 3 is 1.33 bits per heavy atom. The van der Waals surface area contributed by atoms with Crippen LogP contribution in [-0.2, 0) is 4.79 Å². The van der Waals surface area contributed by atoms with Crippen LogP contribution in [0, 0.1) is 0 Å². The summed E-state index contributed by atoms with van der Waals surface area (Å²) >= 11 is 0. The second-order valence-corrected chi connectivity index (χ2v) is 15.3. The van der Waals surface area contributed by atoms with Crippen molar-refractivity contribution in [2.45, 2.75) is 238 Å². The monoisotopic (exact) mass is 730 g/mol. The van der Waals surface area contributed by atoms with Crippen LogP contribution in [0.25, 0.3) is 0 Å². The summed E-state index contributed by atoms with van der Waals surface area (Å²) in [6, 6.07) is -0.766. The van der Waals surface area contributed by atoms with Gasteiger partial charge in [0.15, 0.2) is 0 Å². The minimum atomic E-state index is -0.958. The number of hydrogen-bond acceptors (Lipinski definition) is 4. The van der Waals surface area contributed by atoms with Crippen molar-refractivity contribution in [3.8, 4) is 0 Å². The number of amides is 1. The van der Waals surface area contributed by atoms with Gasteiger partial charge in [0, 0.05) is 0 Å². The number of nitrogens with one attached hydrogen (secondary N) is 1. The number of hydrogen-bond donors (Lipinski definition) is 4. The molecule has 3 atom stereocenters. The third kappa shape index (κ3) is 38.0. The van der Waals surface area contributed by atoms with Gasteiger partial charge in [0.2, 0.25) is 5.91 Å². The van der Waals surface area contributed by atoms with E-state index in [2.05, 4.69) is 55.6 Å². The molecule has 5 heteroatoms. The van der Waals surface area contributed by atoms with Crippen LogP contribution in [-0.4, -0.2) is 46.1 Å². The summed E-state index contributed by atoms with van der Waals surface area (Å²) in [4.78, 5) is 12.4. The Labute approximate surface area is 323 Å². The minimum Gasteiger partial charge on any atom is -0.394 e. The van der Waals surface area contributed by atoms with Gasteiger partial charge in [-0.25, -0.2) is 0 Å². The predicted octanol–water partition coefficient (Wildman–Crippen LogP) is 12.9. The summed E-state index contributed by atoms with van der Waals surface area (Å²) in [5, 5.41) is 33.0. The highest BCUT2D eigenvalue weighted by atomic mass is 16.3. The number of aliphatic hydroxyl groups excluding tert-OH is 3. The Balaban J connectivity index is 3.57. The van der Waals surface area contributed by atoms with Gasteiger partial charge in [-0.3, -0.25) is 4.79 Å². The molecule has 0 bridgehead atoms. The lowest BCUT2D eigenvalue weighted by Gasteiger charge is -2.21. The average Bonchev–Trinajstić information content (AvgIpc) is 3.14. The molecule has 0 aliphatic rings. The van der Waals surface area contributed by atoms with Crippen molar-refractivity contribution in [2.75, 3.05) is 6.61 Å². The van der Waals surface area contributed by atoms with Gasteiger partial charge >= 0.3 is 0 Å². The third-order valence-electron chi connectivity index (χ3n) is 10.1. The van der Waals surface area contributed by atoms with Gasteiger partial charge in [0.05, 0.1) is 31.3 Å². The van der Waals surface area contributed by atoms with Gasteiger partial charge in [0.1, 0.15) is 0 Å². The molecule has 0 spiro atoms. The lowest BCUT2D eigenvalue weighted by molar-refractivity contribution is -0.124. The SMILES string of the molecule is CC/C=C/CC/C=C/CC/C=C/C(O)C(CO)NC(=O)CC(O)CCCCCCCCCCCCC/C=C\CCCCCCCCCCCCCC. The van der Waals surface area contributed by atoms with Crippen LogP contribution in [0.4, 0.5) is 0 Å². The van der Waals surface area contributed by atoms with Gasteiger partial charge in [-0.05, 0) is 64.2 Å². The van der Waals surface area contributed by atoms with Crippen LogP contribution in [0.15, 0.2) is 48.6 Å². The van der Waals surface area contributed by atoms with E-state index >= 15 is 0 Å². The van der Waals surface area contributed by atoms with E-state index in [1.807, 2.05) is 6.08 Å². The number of carbonyl (C=O) groups is 1. The van der Waals surface area contributed by atoms with Gasteiger partial charge in [0.25, 0.3) is 0 Å². The Kier molecular flexibility index (Phi) is 40.7. The van der Waals surface area contributed by atoms with Crippen LogP contribution >= 0.6 is 0 Å². The van der Waals surface area contributed by atoms with Crippen molar-refractivity contribution in [1.82, 2.24) is 5.32 Å². The number of carbonyl (C=O) groups excluding carboxylic acids is 1. The fourth-order valence-corrected chi connectivity index (χ4v) is 6.67. The predicted molar refractivity (Wildman–Crippen MR) is 227 cm³/mol. The van der Waals surface area contributed by atoms with Crippen molar-refractivity contribution < 1.29 is 20.1 Å². The molecule has 0 fully saturated rings. The topological polar surface area (TPSA) is 89.8 Å². The Morgan fingerprint density at radius 2 is 0.885 bits per heavy atom. The maximum absolute atomic E-state index is 12.4. The summed E-state index contributed by atoms with van der Waals surface area (Å²) in [6.45, 7) is 4.07. The molecule has 0 saturated carbocycles. The molecule has 0 aliphatic carbocycles. The molecule has 5 nitrogen and oxygen atoms in total. The average molecular weight is 730 g/mol. The molecular weight excluding hydrogens is 643 g/mol. The molecule has 52 heavy (non-hydrogen) atoms. The van der Waals surface area contributed by atoms with E-state index in [1.54, 1.807) is 6.08 Å². The zero-order valence-corrected chi connectivity index (χ0v) is 34.4. The smallest absolute Gasteiger partial charge is 0.222 e. The molecule has 1 amide bonds. The summed E-state index contributed by atoms with van der Waals surface area (Å²) < 4.78 is 0. The fourth-order valence-electron chi connectivity index (χ4n) is 6.67. The van der Waals surface area contributed by atoms with E-state index in [1.165, 1.54) is 148 Å². The molecule has 0 saturated heterocycles. The highest BCUT2D eigenvalue weighted by Gasteiger charge is 2.20. The van der Waals surface area contributed by atoms with Gasteiger partial charge in [-0.1, -0.05) is 197 Å². The first-order valence-electron chi connectivity index (χ1n) is 22.4. The maximum Gasteiger partial charge on any atom is 0.222 e. The van der Waals surface area contributed by atoms with E-state index in [0.717, 1.165) is 44.9 Å². The zero-order chi connectivity index (χ0) is 38.0. The number of unbranched alkanes of at least 4 members (excludes halogenated alkanes) is 25. The van der Waals surface area contributed by atoms with Crippen LogP contribution in [0.3, 0.4) is 0 Å². The summed E-state index contributed by atoms with van der Waals surface area (Å²) in [5.74, 6) is -0.333. The summed E-state index contributed by atoms with van der Waals surface area (Å²) in [7, 11) is 0. The standard InChI is InChI=1S/C47H87NO4/c1-3-5-7-9-11-13-15-16-17-18-19-20-21-22-23-24-25-26-27-28-29-30-31-32-34-36-38-40-44(50)42-47(52)48-45(43-49)46(51)41-39-37-35-33-14-12-10-8-6-4-2/h6,8,14,22-23,33,39,41,44-46,49-51H,3-5,7,9-13,15-21,24-32,34-38,40,42-43H2,1-2H3,(H,48,52)/b8-6+,23-22-,33-14+,41-39+. The molecular formula is C47H87NO4. The third-order valence-corrected chi connectivity index (χ3v) is 10.1. The second-order valence-electron chi connectivity index (χ2n) is 15.3. The quantitative estimate of drug-likeness (QED) is 0.0373. The number of rotatable bonds is 40. The molecule has 0 radical (unpaired) electrons. The highest BCUT2D eigenvalue weighted by molar-refractivity contribution is 5.76. The highest BCUT2D eigenvalue weighted by Crippen LogP contribution is 2.15. The lowest BCUT2D eigenvalue weighted by Crippen LogP contribution is -2.45. The lowest BCUT2D eigenvalue weighted by atomic mass is 10.0. The van der Waals surface area contributed by atoms with E-state index < -0.39 is 18.2 Å². The summed E-state index contributed by atoms with van der Waals surface area (Å²) in [6.07, 6.45) is 54.3. The van der Waals surface area contributed by atoms with Crippen LogP contribution in [0.2, 0.25) is 0 Å². The molecule has 0 aliphatic heterocycles. The van der Waals surface area contributed by atoms with Crippen LogP contribution < -0.4 is 5.32 Å². The fraction of sp³-hybridized carbons (Fsp3) is 0.809. The zero-order valence-electron chi connectivity index (χ0n) is 34.4. The summed E-state index contributed by atoms with van der Waals surface area (Å²) in [5.41, 5.74) is 0. The van der Waals surface area contributed by atoms with E-state index in [-0.39, 0.29) is 18.9 Å². The van der Waals surface area contributed by atoms with Crippen molar-refractivity contribution in [2.24, 2.45) is 0 Å². The van der Waals surface area contributed by atoms with Gasteiger partial charge in [-0.2, -0.15) is 0 Å². The maximum atomic E-state index is 12.4. The molecule has 304 valence electrons. The number of allylic oxidation sites excluding steroid dienone is 7. The molecule has 0 rings (SSSR count). The first-order chi connectivity index (χ1) is 25.5. The van der Waals surface area contributed by atoms with E-state index in [0.29, 0.717) is 6.42 Å². The molecule has 0 aromatic heterocycles. The van der Waals surface area contributed by atoms with E-state index in [9.17, 15) is 20.1 Å². The van der Waals surface area contributed by atoms with Crippen LogP contribution in [0.1, 0.15) is 219 Å². The van der Waals surface area contributed by atoms with Crippen molar-refractivity contribution in [1.29, 1.82) is 0 Å². The van der Waals surface area contributed by atoms with Crippen molar-refractivity contribution in [3.63, 3.8) is 0 Å². The Bertz CT molecular complexity index is 850. The second kappa shape index (κ2) is 42.1. The van der Waals surface area contributed by atoms with Crippen molar-refractivity contribution >= 4 is 5.91 Å². The van der Waals surface area contributed by atoms with Crippen LogP contribution in [0.5, 0.6) is 0 Å². The minimum absolute atomic E-state index is 0.000929. The molecule has 0 aromatic carbocycles. The Hall–Kier alpha value is -1.69. The Morgan fingerprint density at radius 1 is 0.500 bits per heavy atom. The molecule has 3 unspecified atom stereocenters. The largest absolute Gasteiger partial charge is 0.394 e. The molecule has 4 N–H and O–H groups in total. The molecule has 0 heterocycles. The van der Waals surface area contributed by atoms with Gasteiger partial charge < -0.3 is 20.6 Å².